The minimum absolute atomic E-state index is 0.105. The van der Waals surface area contributed by atoms with Crippen molar-refractivity contribution in [3.05, 3.63) is 107 Å². The lowest BCUT2D eigenvalue weighted by Gasteiger charge is -2.30. The number of nitrogens with zero attached hydrogens (tertiary/aromatic N) is 2. The SMILES string of the molecule is CC(C)N(CC(=O)N(CCc1c[nH]c2ccccc12)Cc1ccccc1)C(=O)c1ccc(C(F)(F)F)cc1. The molecule has 1 heterocycles. The molecular formula is C30H30F3N3O2. The van der Waals surface area contributed by atoms with Gasteiger partial charge in [-0.3, -0.25) is 9.59 Å². The Balaban J connectivity index is 1.52. The van der Waals surface area contributed by atoms with Crippen molar-refractivity contribution in [3.63, 3.8) is 0 Å². The van der Waals surface area contributed by atoms with Gasteiger partial charge in [-0.15, -0.1) is 0 Å². The van der Waals surface area contributed by atoms with Crippen LogP contribution < -0.4 is 0 Å². The lowest BCUT2D eigenvalue weighted by molar-refractivity contribution is -0.137. The summed E-state index contributed by atoms with van der Waals surface area (Å²) in [5, 5.41) is 1.10. The van der Waals surface area contributed by atoms with Gasteiger partial charge in [0.05, 0.1) is 5.56 Å². The van der Waals surface area contributed by atoms with Gasteiger partial charge < -0.3 is 14.8 Å². The Hall–Kier alpha value is -4.07. The molecule has 0 saturated heterocycles. The van der Waals surface area contributed by atoms with Crippen molar-refractivity contribution in [1.29, 1.82) is 0 Å². The van der Waals surface area contributed by atoms with E-state index in [1.807, 2.05) is 60.8 Å². The third-order valence-electron chi connectivity index (χ3n) is 6.54. The zero-order valence-electron chi connectivity index (χ0n) is 21.3. The van der Waals surface area contributed by atoms with Crippen LogP contribution in [-0.2, 0) is 23.9 Å². The normalized spacial score (nSPS) is 11.6. The number of alkyl halides is 3. The van der Waals surface area contributed by atoms with Gasteiger partial charge in [0.1, 0.15) is 6.54 Å². The van der Waals surface area contributed by atoms with E-state index >= 15 is 0 Å². The van der Waals surface area contributed by atoms with Crippen LogP contribution >= 0.6 is 0 Å². The van der Waals surface area contributed by atoms with E-state index in [1.165, 1.54) is 4.90 Å². The molecule has 0 fully saturated rings. The standard InChI is InChI=1S/C30H30F3N3O2/c1-21(2)36(29(38)23-12-14-25(15-13-23)30(31,32)33)20-28(37)35(19-22-8-4-3-5-9-22)17-16-24-18-34-27-11-7-6-10-26(24)27/h3-15,18,21,34H,16-17,19-20H2,1-2H3. The molecule has 0 radical (unpaired) electrons. The molecule has 0 atom stereocenters. The molecule has 0 bridgehead atoms. The minimum Gasteiger partial charge on any atom is -0.361 e. The first-order chi connectivity index (χ1) is 18.1. The van der Waals surface area contributed by atoms with Crippen LogP contribution in [0, 0.1) is 0 Å². The summed E-state index contributed by atoms with van der Waals surface area (Å²) in [7, 11) is 0. The molecule has 5 nitrogen and oxygen atoms in total. The van der Waals surface area contributed by atoms with E-state index in [1.54, 1.807) is 18.7 Å². The largest absolute Gasteiger partial charge is 0.416 e. The number of halogens is 3. The van der Waals surface area contributed by atoms with Crippen molar-refractivity contribution in [1.82, 2.24) is 14.8 Å². The lowest BCUT2D eigenvalue weighted by atomic mass is 10.1. The molecule has 1 N–H and O–H groups in total. The summed E-state index contributed by atoms with van der Waals surface area (Å²) in [5.74, 6) is -0.721. The van der Waals surface area contributed by atoms with Crippen molar-refractivity contribution in [2.75, 3.05) is 13.1 Å². The van der Waals surface area contributed by atoms with E-state index in [0.717, 1.165) is 46.3 Å². The topological polar surface area (TPSA) is 56.4 Å². The highest BCUT2D eigenvalue weighted by Crippen LogP contribution is 2.29. The van der Waals surface area contributed by atoms with Crippen molar-refractivity contribution in [2.24, 2.45) is 0 Å². The molecule has 8 heteroatoms. The van der Waals surface area contributed by atoms with Gasteiger partial charge in [-0.2, -0.15) is 13.2 Å². The van der Waals surface area contributed by atoms with Crippen LogP contribution in [0.3, 0.4) is 0 Å². The predicted octanol–water partition coefficient (Wildman–Crippen LogP) is 6.31. The van der Waals surface area contributed by atoms with Crippen LogP contribution in [0.25, 0.3) is 10.9 Å². The third-order valence-corrected chi connectivity index (χ3v) is 6.54. The number of amides is 2. The third kappa shape index (κ3) is 6.43. The molecule has 0 aliphatic heterocycles. The quantitative estimate of drug-likeness (QED) is 0.281. The van der Waals surface area contributed by atoms with Crippen molar-refractivity contribution in [2.45, 2.75) is 39.0 Å². The molecule has 4 aromatic rings. The molecule has 0 spiro atoms. The van der Waals surface area contributed by atoms with Gasteiger partial charge in [-0.1, -0.05) is 48.5 Å². The highest BCUT2D eigenvalue weighted by Gasteiger charge is 2.31. The summed E-state index contributed by atoms with van der Waals surface area (Å²) in [6.07, 6.45) is -1.92. The Morgan fingerprint density at radius 2 is 1.55 bits per heavy atom. The van der Waals surface area contributed by atoms with Gasteiger partial charge in [0.2, 0.25) is 5.91 Å². The summed E-state index contributed by atoms with van der Waals surface area (Å²) in [5.41, 5.74) is 2.36. The first-order valence-electron chi connectivity index (χ1n) is 12.5. The van der Waals surface area contributed by atoms with E-state index in [4.69, 9.17) is 0 Å². The first kappa shape index (κ1) is 27.0. The number of fused-ring (bicyclic) bond motifs is 1. The van der Waals surface area contributed by atoms with Gasteiger partial charge in [0, 0.05) is 41.8 Å². The summed E-state index contributed by atoms with van der Waals surface area (Å²) < 4.78 is 38.9. The predicted molar refractivity (Wildman–Crippen MR) is 141 cm³/mol. The van der Waals surface area contributed by atoms with Crippen LogP contribution in [0.2, 0.25) is 0 Å². The number of carbonyl (C=O) groups excluding carboxylic acids is 2. The Kier molecular flexibility index (Phi) is 8.20. The van der Waals surface area contributed by atoms with Gasteiger partial charge in [0.15, 0.2) is 0 Å². The fourth-order valence-electron chi connectivity index (χ4n) is 4.39. The number of benzene rings is 3. The highest BCUT2D eigenvalue weighted by molar-refractivity contribution is 5.96. The minimum atomic E-state index is -4.49. The van der Waals surface area contributed by atoms with Crippen molar-refractivity contribution >= 4 is 22.7 Å². The number of aromatic amines is 1. The first-order valence-corrected chi connectivity index (χ1v) is 12.5. The molecule has 4 rings (SSSR count). The van der Waals surface area contributed by atoms with E-state index in [2.05, 4.69) is 4.98 Å². The maximum Gasteiger partial charge on any atom is 0.416 e. The summed E-state index contributed by atoms with van der Waals surface area (Å²) in [6.45, 7) is 4.20. The molecule has 0 saturated carbocycles. The molecule has 3 aromatic carbocycles. The Labute approximate surface area is 219 Å². The highest BCUT2D eigenvalue weighted by atomic mass is 19.4. The summed E-state index contributed by atoms with van der Waals surface area (Å²) in [4.78, 5) is 33.2. The average Bonchev–Trinajstić information content (AvgIpc) is 3.32. The maximum atomic E-state index is 13.6. The molecular weight excluding hydrogens is 491 g/mol. The molecule has 2 amide bonds. The second kappa shape index (κ2) is 11.5. The maximum absolute atomic E-state index is 13.6. The van der Waals surface area contributed by atoms with Gasteiger partial charge in [0.25, 0.3) is 5.91 Å². The number of aromatic nitrogens is 1. The molecule has 0 aliphatic carbocycles. The number of H-pyrrole nitrogens is 1. The van der Waals surface area contributed by atoms with Gasteiger partial charge >= 0.3 is 6.18 Å². The second-order valence-corrected chi connectivity index (χ2v) is 9.51. The smallest absolute Gasteiger partial charge is 0.361 e. The molecule has 38 heavy (non-hydrogen) atoms. The van der Waals surface area contributed by atoms with Crippen LogP contribution in [0.1, 0.15) is 40.9 Å². The van der Waals surface area contributed by atoms with Crippen LogP contribution in [0.5, 0.6) is 0 Å². The van der Waals surface area contributed by atoms with Crippen LogP contribution in [-0.4, -0.2) is 45.7 Å². The monoisotopic (exact) mass is 521 g/mol. The van der Waals surface area contributed by atoms with Crippen LogP contribution in [0.15, 0.2) is 85.1 Å². The van der Waals surface area contributed by atoms with Gasteiger partial charge in [-0.25, -0.2) is 0 Å². The van der Waals surface area contributed by atoms with Crippen molar-refractivity contribution in [3.8, 4) is 0 Å². The zero-order chi connectivity index (χ0) is 27.3. The Bertz CT molecular complexity index is 1380. The summed E-state index contributed by atoms with van der Waals surface area (Å²) in [6, 6.07) is 21.3. The van der Waals surface area contributed by atoms with E-state index < -0.39 is 17.6 Å². The molecule has 0 aliphatic rings. The number of hydrogen-bond donors (Lipinski definition) is 1. The lowest BCUT2D eigenvalue weighted by Crippen LogP contribution is -2.46. The van der Waals surface area contributed by atoms with E-state index in [-0.39, 0.29) is 24.1 Å². The fourth-order valence-corrected chi connectivity index (χ4v) is 4.39. The molecule has 0 unspecified atom stereocenters. The number of rotatable bonds is 9. The fraction of sp³-hybridized carbons (Fsp3) is 0.267. The van der Waals surface area contributed by atoms with E-state index in [9.17, 15) is 22.8 Å². The Morgan fingerprint density at radius 1 is 0.895 bits per heavy atom. The molecule has 198 valence electrons. The number of nitrogens with one attached hydrogen (secondary N) is 1. The number of para-hydroxylation sites is 1. The number of carbonyl (C=O) groups is 2. The summed E-state index contributed by atoms with van der Waals surface area (Å²) >= 11 is 0. The second-order valence-electron chi connectivity index (χ2n) is 9.51. The molecule has 1 aromatic heterocycles. The van der Waals surface area contributed by atoms with Crippen LogP contribution in [0.4, 0.5) is 13.2 Å². The van der Waals surface area contributed by atoms with Gasteiger partial charge in [-0.05, 0) is 61.7 Å². The van der Waals surface area contributed by atoms with E-state index in [0.29, 0.717) is 19.5 Å². The average molecular weight is 522 g/mol. The zero-order valence-corrected chi connectivity index (χ0v) is 21.3. The van der Waals surface area contributed by atoms with Crippen molar-refractivity contribution < 1.29 is 22.8 Å². The Morgan fingerprint density at radius 3 is 2.21 bits per heavy atom. The number of hydrogen-bond acceptors (Lipinski definition) is 2.